The molecule has 2 aromatic rings. The van der Waals surface area contributed by atoms with Crippen LogP contribution in [0, 0.1) is 0 Å². The first-order valence-electron chi connectivity index (χ1n) is 4.93. The van der Waals surface area contributed by atoms with Crippen molar-refractivity contribution in [1.82, 2.24) is 9.55 Å². The molecule has 16 heavy (non-hydrogen) atoms. The molecule has 0 unspecified atom stereocenters. The molecular formula is C11H11ClN2O2. The maximum atomic E-state index is 11.7. The van der Waals surface area contributed by atoms with Gasteiger partial charge >= 0.3 is 5.69 Å². The maximum Gasteiger partial charge on any atom is 0.326 e. The molecular weight excluding hydrogens is 228 g/mol. The molecule has 0 aliphatic rings. The summed E-state index contributed by atoms with van der Waals surface area (Å²) in [7, 11) is 0. The highest BCUT2D eigenvalue weighted by Gasteiger charge is 2.12. The second-order valence-electron chi connectivity index (χ2n) is 3.90. The number of H-pyrrole nitrogens is 1. The van der Waals surface area contributed by atoms with Crippen molar-refractivity contribution in [3.8, 4) is 0 Å². The minimum Gasteiger partial charge on any atom is -0.305 e. The fraction of sp³-hybridized carbons (Fsp3) is 0.273. The van der Waals surface area contributed by atoms with Gasteiger partial charge in [0.1, 0.15) is 0 Å². The summed E-state index contributed by atoms with van der Waals surface area (Å²) in [6, 6.07) is 3.26. The van der Waals surface area contributed by atoms with Crippen LogP contribution in [-0.2, 0) is 0 Å². The summed E-state index contributed by atoms with van der Waals surface area (Å²) in [4.78, 5) is 25.2. The van der Waals surface area contributed by atoms with Gasteiger partial charge in [0.25, 0.3) is 0 Å². The molecule has 4 nitrogen and oxygen atoms in total. The van der Waals surface area contributed by atoms with Gasteiger partial charge in [-0.15, -0.1) is 0 Å². The molecule has 1 aromatic carbocycles. The normalized spacial score (nSPS) is 11.2. The monoisotopic (exact) mass is 238 g/mol. The zero-order valence-corrected chi connectivity index (χ0v) is 9.71. The van der Waals surface area contributed by atoms with Crippen LogP contribution >= 0.6 is 11.6 Å². The number of hydrogen-bond acceptors (Lipinski definition) is 2. The van der Waals surface area contributed by atoms with Crippen molar-refractivity contribution in [3.05, 3.63) is 33.2 Å². The number of halogens is 1. The molecule has 0 radical (unpaired) electrons. The SMILES string of the molecule is CC(C)n1c(=O)[nH]c2cc(Cl)c(C=O)cc21. The van der Waals surface area contributed by atoms with Gasteiger partial charge in [-0.2, -0.15) is 0 Å². The average Bonchev–Trinajstić information content (AvgIpc) is 2.51. The van der Waals surface area contributed by atoms with E-state index in [1.54, 1.807) is 16.7 Å². The van der Waals surface area contributed by atoms with Gasteiger partial charge in [0.05, 0.1) is 16.1 Å². The minimum absolute atomic E-state index is 0.0296. The summed E-state index contributed by atoms with van der Waals surface area (Å²) in [6.07, 6.45) is 0.684. The Balaban J connectivity index is 2.87. The van der Waals surface area contributed by atoms with Gasteiger partial charge in [0.2, 0.25) is 0 Å². The van der Waals surface area contributed by atoms with Crippen molar-refractivity contribution in [2.24, 2.45) is 0 Å². The summed E-state index contributed by atoms with van der Waals surface area (Å²) in [5.74, 6) is 0. The number of aromatic amines is 1. The number of nitrogens with zero attached hydrogens (tertiary/aromatic N) is 1. The van der Waals surface area contributed by atoms with Crippen LogP contribution in [0.2, 0.25) is 5.02 Å². The van der Waals surface area contributed by atoms with Gasteiger partial charge in [-0.1, -0.05) is 11.6 Å². The van der Waals surface area contributed by atoms with Crippen molar-refractivity contribution in [1.29, 1.82) is 0 Å². The zero-order valence-electron chi connectivity index (χ0n) is 8.95. The lowest BCUT2D eigenvalue weighted by molar-refractivity contribution is 0.112. The van der Waals surface area contributed by atoms with E-state index in [1.165, 1.54) is 0 Å². The Bertz CT molecular complexity index is 610. The van der Waals surface area contributed by atoms with E-state index in [2.05, 4.69) is 4.98 Å². The van der Waals surface area contributed by atoms with Crippen LogP contribution in [0.5, 0.6) is 0 Å². The number of aldehydes is 1. The third kappa shape index (κ3) is 1.55. The van der Waals surface area contributed by atoms with Crippen LogP contribution in [-0.4, -0.2) is 15.8 Å². The summed E-state index contributed by atoms with van der Waals surface area (Å²) in [5, 5.41) is 0.347. The second kappa shape index (κ2) is 3.79. The third-order valence-electron chi connectivity index (χ3n) is 2.48. The lowest BCUT2D eigenvalue weighted by Gasteiger charge is -2.07. The largest absolute Gasteiger partial charge is 0.326 e. The maximum absolute atomic E-state index is 11.7. The molecule has 5 heteroatoms. The molecule has 1 N–H and O–H groups in total. The first kappa shape index (κ1) is 11.0. The van der Waals surface area contributed by atoms with Crippen LogP contribution < -0.4 is 5.69 Å². The van der Waals surface area contributed by atoms with Crippen LogP contribution in [0.15, 0.2) is 16.9 Å². The van der Waals surface area contributed by atoms with Crippen molar-refractivity contribution >= 4 is 28.9 Å². The van der Waals surface area contributed by atoms with Crippen LogP contribution in [0.3, 0.4) is 0 Å². The van der Waals surface area contributed by atoms with Gasteiger partial charge < -0.3 is 4.98 Å². The molecule has 84 valence electrons. The number of imidazole rings is 1. The molecule has 0 atom stereocenters. The van der Waals surface area contributed by atoms with Gasteiger partial charge in [-0.25, -0.2) is 4.79 Å². The highest BCUT2D eigenvalue weighted by molar-refractivity contribution is 6.33. The van der Waals surface area contributed by atoms with Crippen LogP contribution in [0.25, 0.3) is 11.0 Å². The quantitative estimate of drug-likeness (QED) is 0.817. The first-order valence-corrected chi connectivity index (χ1v) is 5.31. The number of fused-ring (bicyclic) bond motifs is 1. The van der Waals surface area contributed by atoms with Gasteiger partial charge in [-0.3, -0.25) is 9.36 Å². The van der Waals surface area contributed by atoms with Crippen LogP contribution in [0.1, 0.15) is 30.2 Å². The molecule has 0 amide bonds. The molecule has 1 heterocycles. The number of aromatic nitrogens is 2. The Morgan fingerprint density at radius 1 is 1.44 bits per heavy atom. The highest BCUT2D eigenvalue weighted by atomic mass is 35.5. The third-order valence-corrected chi connectivity index (χ3v) is 2.81. The molecule has 0 aliphatic carbocycles. The predicted molar refractivity (Wildman–Crippen MR) is 63.3 cm³/mol. The van der Waals surface area contributed by atoms with Crippen molar-refractivity contribution < 1.29 is 4.79 Å². The summed E-state index contributed by atoms with van der Waals surface area (Å²) in [5.41, 5.74) is 1.55. The molecule has 2 rings (SSSR count). The number of hydrogen-bond donors (Lipinski definition) is 1. The van der Waals surface area contributed by atoms with Gasteiger partial charge in [-0.05, 0) is 26.0 Å². The molecule has 0 aliphatic heterocycles. The fourth-order valence-electron chi connectivity index (χ4n) is 1.77. The number of carbonyl (C=O) groups is 1. The molecule has 1 aromatic heterocycles. The van der Waals surface area contributed by atoms with Gasteiger partial charge in [0, 0.05) is 11.6 Å². The smallest absolute Gasteiger partial charge is 0.305 e. The van der Waals surface area contributed by atoms with E-state index in [1.807, 2.05) is 13.8 Å². The van der Waals surface area contributed by atoms with E-state index >= 15 is 0 Å². The Labute approximate surface area is 96.8 Å². The van der Waals surface area contributed by atoms with E-state index in [9.17, 15) is 9.59 Å². The first-order chi connectivity index (χ1) is 7.54. The van der Waals surface area contributed by atoms with E-state index in [4.69, 9.17) is 11.6 Å². The van der Waals surface area contributed by atoms with E-state index in [0.29, 0.717) is 27.9 Å². The molecule has 0 fully saturated rings. The topological polar surface area (TPSA) is 54.9 Å². The fourth-order valence-corrected chi connectivity index (χ4v) is 1.97. The molecule has 0 saturated carbocycles. The van der Waals surface area contributed by atoms with E-state index in [0.717, 1.165) is 0 Å². The second-order valence-corrected chi connectivity index (χ2v) is 4.31. The lowest BCUT2D eigenvalue weighted by Crippen LogP contribution is -2.18. The Kier molecular flexibility index (Phi) is 2.59. The summed E-state index contributed by atoms with van der Waals surface area (Å²) >= 11 is 5.88. The Morgan fingerprint density at radius 2 is 2.12 bits per heavy atom. The van der Waals surface area contributed by atoms with Gasteiger partial charge in [0.15, 0.2) is 6.29 Å². The number of rotatable bonds is 2. The van der Waals surface area contributed by atoms with Crippen molar-refractivity contribution in [2.75, 3.05) is 0 Å². The Morgan fingerprint density at radius 3 is 2.69 bits per heavy atom. The van der Waals surface area contributed by atoms with E-state index < -0.39 is 0 Å². The average molecular weight is 239 g/mol. The zero-order chi connectivity index (χ0) is 11.9. The Hall–Kier alpha value is -1.55. The highest BCUT2D eigenvalue weighted by Crippen LogP contribution is 2.22. The van der Waals surface area contributed by atoms with E-state index in [-0.39, 0.29) is 11.7 Å². The van der Waals surface area contributed by atoms with Crippen LogP contribution in [0.4, 0.5) is 0 Å². The molecule has 0 bridgehead atoms. The predicted octanol–water partition coefficient (Wildman–Crippen LogP) is 2.38. The number of benzene rings is 1. The summed E-state index contributed by atoms with van der Waals surface area (Å²) in [6.45, 7) is 3.81. The summed E-state index contributed by atoms with van der Waals surface area (Å²) < 4.78 is 1.60. The lowest BCUT2D eigenvalue weighted by atomic mass is 10.2. The standard InChI is InChI=1S/C11H11ClN2O2/c1-6(2)14-10-3-7(5-15)8(12)4-9(10)13-11(14)16/h3-6H,1-2H3,(H,13,16). The number of nitrogens with one attached hydrogen (secondary N) is 1. The number of carbonyl (C=O) groups excluding carboxylic acids is 1. The minimum atomic E-state index is -0.191. The van der Waals surface area contributed by atoms with Crippen molar-refractivity contribution in [3.63, 3.8) is 0 Å². The van der Waals surface area contributed by atoms with Crippen molar-refractivity contribution in [2.45, 2.75) is 19.9 Å². The molecule has 0 spiro atoms. The molecule has 0 saturated heterocycles.